The van der Waals surface area contributed by atoms with E-state index < -0.39 is 0 Å². The third-order valence-electron chi connectivity index (χ3n) is 5.12. The monoisotopic (exact) mass is 330 g/mol. The molecule has 1 fully saturated rings. The van der Waals surface area contributed by atoms with Gasteiger partial charge >= 0.3 is 0 Å². The molecule has 0 aliphatic carbocycles. The number of nitrogens with zero attached hydrogens (tertiary/aromatic N) is 5. The molecule has 1 N–H and O–H groups in total. The Morgan fingerprint density at radius 2 is 2.17 bits per heavy atom. The molecule has 3 heterocycles. The predicted molar refractivity (Wildman–Crippen MR) is 95.6 cm³/mol. The normalized spacial score (nSPS) is 22.4. The first kappa shape index (κ1) is 17.2. The Kier molecular flexibility index (Phi) is 5.36. The van der Waals surface area contributed by atoms with E-state index in [2.05, 4.69) is 63.6 Å². The molecular formula is C18H30N6. The third kappa shape index (κ3) is 3.54. The van der Waals surface area contributed by atoms with Gasteiger partial charge in [0, 0.05) is 38.6 Å². The summed E-state index contributed by atoms with van der Waals surface area (Å²) in [7, 11) is 4.33. The average Bonchev–Trinajstić information content (AvgIpc) is 3.17. The van der Waals surface area contributed by atoms with Crippen LogP contribution in [0.3, 0.4) is 0 Å². The van der Waals surface area contributed by atoms with E-state index in [4.69, 9.17) is 0 Å². The maximum Gasteiger partial charge on any atom is 0.0946 e. The van der Waals surface area contributed by atoms with Crippen molar-refractivity contribution in [3.8, 4) is 0 Å². The molecule has 0 bridgehead atoms. The smallest absolute Gasteiger partial charge is 0.0946 e. The molecule has 24 heavy (non-hydrogen) atoms. The standard InChI is InChI=1S/C18H30N6/c1-14(2)24-16(7-8-21-24)11-19-10-15-6-5-9-22(3)18(15)17-12-20-13-23(17)4/h7-8,12-15,18-19H,5-6,9-11H2,1-4H3/t15-,18+/m0/s1. The van der Waals surface area contributed by atoms with Crippen LogP contribution in [0.15, 0.2) is 24.8 Å². The minimum Gasteiger partial charge on any atom is -0.336 e. The first-order valence-corrected chi connectivity index (χ1v) is 8.97. The Labute approximate surface area is 144 Å². The Hall–Kier alpha value is -1.66. The zero-order valence-electron chi connectivity index (χ0n) is 15.3. The Morgan fingerprint density at radius 3 is 2.88 bits per heavy atom. The number of hydrogen-bond acceptors (Lipinski definition) is 4. The fraction of sp³-hybridized carbons (Fsp3) is 0.667. The van der Waals surface area contributed by atoms with E-state index in [1.807, 2.05) is 18.7 Å². The van der Waals surface area contributed by atoms with Crippen LogP contribution in [0.4, 0.5) is 0 Å². The van der Waals surface area contributed by atoms with E-state index in [9.17, 15) is 0 Å². The minimum atomic E-state index is 0.403. The fourth-order valence-electron chi connectivity index (χ4n) is 3.93. The van der Waals surface area contributed by atoms with Crippen molar-refractivity contribution in [3.63, 3.8) is 0 Å². The highest BCUT2D eigenvalue weighted by Gasteiger charge is 2.31. The van der Waals surface area contributed by atoms with Crippen LogP contribution in [0.2, 0.25) is 0 Å². The molecule has 1 saturated heterocycles. The summed E-state index contributed by atoms with van der Waals surface area (Å²) in [6, 6.07) is 2.95. The van der Waals surface area contributed by atoms with Gasteiger partial charge < -0.3 is 9.88 Å². The highest BCUT2D eigenvalue weighted by atomic mass is 15.3. The largest absolute Gasteiger partial charge is 0.336 e. The molecule has 0 aromatic carbocycles. The van der Waals surface area contributed by atoms with Crippen LogP contribution in [-0.2, 0) is 13.6 Å². The summed E-state index contributed by atoms with van der Waals surface area (Å²) < 4.78 is 4.26. The molecule has 2 aromatic heterocycles. The molecule has 132 valence electrons. The van der Waals surface area contributed by atoms with Gasteiger partial charge in [-0.05, 0) is 52.3 Å². The van der Waals surface area contributed by atoms with E-state index in [0.29, 0.717) is 18.0 Å². The van der Waals surface area contributed by atoms with Crippen LogP contribution in [-0.4, -0.2) is 44.4 Å². The van der Waals surface area contributed by atoms with Gasteiger partial charge in [-0.2, -0.15) is 5.10 Å². The van der Waals surface area contributed by atoms with E-state index in [1.165, 1.54) is 24.2 Å². The Bertz CT molecular complexity index is 643. The quantitative estimate of drug-likeness (QED) is 0.883. The molecule has 0 amide bonds. The van der Waals surface area contributed by atoms with Gasteiger partial charge in [-0.25, -0.2) is 4.98 Å². The van der Waals surface area contributed by atoms with E-state index in [-0.39, 0.29) is 0 Å². The molecule has 0 spiro atoms. The molecule has 2 aromatic rings. The molecule has 0 unspecified atom stereocenters. The second-order valence-corrected chi connectivity index (χ2v) is 7.25. The summed E-state index contributed by atoms with van der Waals surface area (Å²) >= 11 is 0. The van der Waals surface area contributed by atoms with Crippen LogP contribution >= 0.6 is 0 Å². The van der Waals surface area contributed by atoms with Crippen LogP contribution in [0, 0.1) is 5.92 Å². The summed E-state index contributed by atoms with van der Waals surface area (Å²) in [6.07, 6.45) is 8.35. The van der Waals surface area contributed by atoms with Crippen LogP contribution in [0.5, 0.6) is 0 Å². The van der Waals surface area contributed by atoms with Gasteiger partial charge in [0.15, 0.2) is 0 Å². The molecule has 0 saturated carbocycles. The van der Waals surface area contributed by atoms with Crippen molar-refractivity contribution in [2.45, 2.75) is 45.3 Å². The van der Waals surface area contributed by atoms with Gasteiger partial charge in [0.05, 0.1) is 23.8 Å². The van der Waals surface area contributed by atoms with Crippen molar-refractivity contribution in [1.82, 2.24) is 29.5 Å². The zero-order chi connectivity index (χ0) is 17.1. The van der Waals surface area contributed by atoms with Crippen molar-refractivity contribution in [2.75, 3.05) is 20.1 Å². The lowest BCUT2D eigenvalue weighted by atomic mass is 9.87. The van der Waals surface area contributed by atoms with Crippen molar-refractivity contribution >= 4 is 0 Å². The SMILES string of the molecule is CC(C)n1nccc1CNC[C@@H]1CCCN(C)[C@H]1c1cncn1C. The van der Waals surface area contributed by atoms with Gasteiger partial charge in [-0.1, -0.05) is 0 Å². The van der Waals surface area contributed by atoms with Crippen LogP contribution < -0.4 is 5.32 Å². The molecule has 6 heteroatoms. The first-order valence-electron chi connectivity index (χ1n) is 8.97. The third-order valence-corrected chi connectivity index (χ3v) is 5.12. The molecule has 6 nitrogen and oxygen atoms in total. The fourth-order valence-corrected chi connectivity index (χ4v) is 3.93. The van der Waals surface area contributed by atoms with Crippen molar-refractivity contribution in [1.29, 1.82) is 0 Å². The second-order valence-electron chi connectivity index (χ2n) is 7.25. The number of imidazole rings is 1. The number of hydrogen-bond donors (Lipinski definition) is 1. The minimum absolute atomic E-state index is 0.403. The topological polar surface area (TPSA) is 50.9 Å². The number of rotatable bonds is 6. The molecular weight excluding hydrogens is 300 g/mol. The highest BCUT2D eigenvalue weighted by Crippen LogP contribution is 2.34. The van der Waals surface area contributed by atoms with E-state index in [0.717, 1.165) is 19.6 Å². The lowest BCUT2D eigenvalue weighted by Gasteiger charge is -2.39. The van der Waals surface area contributed by atoms with Gasteiger partial charge in [0.1, 0.15) is 0 Å². The maximum atomic E-state index is 4.42. The molecule has 0 radical (unpaired) electrons. The Balaban J connectivity index is 1.64. The second kappa shape index (κ2) is 7.49. The van der Waals surface area contributed by atoms with Gasteiger partial charge in [-0.3, -0.25) is 9.58 Å². The van der Waals surface area contributed by atoms with E-state index >= 15 is 0 Å². The number of nitrogens with one attached hydrogen (secondary N) is 1. The molecule has 1 aliphatic heterocycles. The highest BCUT2D eigenvalue weighted by molar-refractivity contribution is 5.09. The summed E-state index contributed by atoms with van der Waals surface area (Å²) in [5.74, 6) is 0.606. The summed E-state index contributed by atoms with van der Waals surface area (Å²) in [5, 5.41) is 8.08. The number of likely N-dealkylation sites (tertiary alicyclic amines) is 1. The Morgan fingerprint density at radius 1 is 1.33 bits per heavy atom. The summed E-state index contributed by atoms with van der Waals surface area (Å²) in [4.78, 5) is 6.80. The number of piperidine rings is 1. The van der Waals surface area contributed by atoms with Gasteiger partial charge in [-0.15, -0.1) is 0 Å². The van der Waals surface area contributed by atoms with Crippen molar-refractivity contribution in [3.05, 3.63) is 36.2 Å². The van der Waals surface area contributed by atoms with Gasteiger partial charge in [0.25, 0.3) is 0 Å². The zero-order valence-corrected chi connectivity index (χ0v) is 15.3. The summed E-state index contributed by atoms with van der Waals surface area (Å²) in [5.41, 5.74) is 2.57. The lowest BCUT2D eigenvalue weighted by Crippen LogP contribution is -2.41. The molecule has 1 aliphatic rings. The van der Waals surface area contributed by atoms with Crippen molar-refractivity contribution in [2.24, 2.45) is 13.0 Å². The van der Waals surface area contributed by atoms with Gasteiger partial charge in [0.2, 0.25) is 0 Å². The van der Waals surface area contributed by atoms with Crippen LogP contribution in [0.25, 0.3) is 0 Å². The maximum absolute atomic E-state index is 4.42. The molecule has 2 atom stereocenters. The first-order chi connectivity index (χ1) is 11.6. The van der Waals surface area contributed by atoms with Crippen molar-refractivity contribution < 1.29 is 0 Å². The predicted octanol–water partition coefficient (Wildman–Crippen LogP) is 2.37. The summed E-state index contributed by atoms with van der Waals surface area (Å²) in [6.45, 7) is 7.39. The average molecular weight is 330 g/mol. The number of aromatic nitrogens is 4. The number of aryl methyl sites for hydroxylation is 1. The lowest BCUT2D eigenvalue weighted by molar-refractivity contribution is 0.113. The van der Waals surface area contributed by atoms with E-state index in [1.54, 1.807) is 0 Å². The van der Waals surface area contributed by atoms with Crippen LogP contribution in [0.1, 0.15) is 50.2 Å². The molecule has 3 rings (SSSR count).